The van der Waals surface area contributed by atoms with Crippen LogP contribution in [0.2, 0.25) is 5.02 Å². The summed E-state index contributed by atoms with van der Waals surface area (Å²) in [4.78, 5) is 44.6. The lowest BCUT2D eigenvalue weighted by atomic mass is 10.1. The Balaban J connectivity index is 1.68. The van der Waals surface area contributed by atoms with Crippen LogP contribution >= 0.6 is 11.6 Å². The molecule has 134 valence electrons. The standard InChI is InChI=1S/C17H15ClN4O4/c18-12-3-1-10(2-4-12)16(26)21-17-19-8-11-9-22(6-5-13(11)20-17)14(23)7-15(24)25/h1-4,8H,5-7,9H2,(H,24,25)(H,19,20,21,26). The molecular formula is C17H15ClN4O4. The van der Waals surface area contributed by atoms with Gasteiger partial charge in [0, 0.05) is 41.9 Å². The normalized spacial score (nSPS) is 13.0. The van der Waals surface area contributed by atoms with Gasteiger partial charge in [-0.2, -0.15) is 0 Å². The molecule has 2 N–H and O–H groups in total. The van der Waals surface area contributed by atoms with Crippen LogP contribution in [0, 0.1) is 0 Å². The predicted octanol–water partition coefficient (Wildman–Crippen LogP) is 1.74. The van der Waals surface area contributed by atoms with E-state index in [2.05, 4.69) is 15.3 Å². The highest BCUT2D eigenvalue weighted by Gasteiger charge is 2.24. The Hall–Kier alpha value is -3.00. The highest BCUT2D eigenvalue weighted by molar-refractivity contribution is 6.30. The minimum Gasteiger partial charge on any atom is -0.481 e. The molecule has 0 radical (unpaired) electrons. The van der Waals surface area contributed by atoms with E-state index < -0.39 is 18.3 Å². The van der Waals surface area contributed by atoms with Gasteiger partial charge in [-0.05, 0) is 24.3 Å². The Labute approximate surface area is 153 Å². The summed E-state index contributed by atoms with van der Waals surface area (Å²) in [5.74, 6) is -1.77. The lowest BCUT2D eigenvalue weighted by Gasteiger charge is -2.27. The third-order valence-corrected chi connectivity index (χ3v) is 4.17. The number of aromatic nitrogens is 2. The molecule has 0 saturated heterocycles. The molecule has 2 heterocycles. The van der Waals surface area contributed by atoms with Gasteiger partial charge in [-0.1, -0.05) is 11.6 Å². The minimum absolute atomic E-state index is 0.175. The highest BCUT2D eigenvalue weighted by atomic mass is 35.5. The van der Waals surface area contributed by atoms with E-state index in [0.29, 0.717) is 23.6 Å². The number of anilines is 1. The van der Waals surface area contributed by atoms with Crippen molar-refractivity contribution in [2.24, 2.45) is 0 Å². The highest BCUT2D eigenvalue weighted by Crippen LogP contribution is 2.19. The van der Waals surface area contributed by atoms with Gasteiger partial charge in [0.25, 0.3) is 5.91 Å². The Morgan fingerprint density at radius 3 is 2.65 bits per heavy atom. The minimum atomic E-state index is -1.16. The first-order chi connectivity index (χ1) is 12.4. The quantitative estimate of drug-likeness (QED) is 0.788. The topological polar surface area (TPSA) is 112 Å². The average molecular weight is 375 g/mol. The molecule has 0 unspecified atom stereocenters. The number of carbonyl (C=O) groups excluding carboxylic acids is 2. The zero-order valence-corrected chi connectivity index (χ0v) is 14.4. The van der Waals surface area contributed by atoms with E-state index in [1.54, 1.807) is 30.5 Å². The number of halogens is 1. The second-order valence-corrected chi connectivity index (χ2v) is 6.20. The molecule has 8 nitrogen and oxygen atoms in total. The summed E-state index contributed by atoms with van der Waals surface area (Å²) in [6.07, 6.45) is 1.47. The molecule has 1 aliphatic heterocycles. The maximum absolute atomic E-state index is 12.2. The van der Waals surface area contributed by atoms with E-state index >= 15 is 0 Å². The number of amides is 2. The van der Waals surface area contributed by atoms with E-state index in [1.165, 1.54) is 4.90 Å². The third kappa shape index (κ3) is 4.15. The fraction of sp³-hybridized carbons (Fsp3) is 0.235. The van der Waals surface area contributed by atoms with Crippen molar-refractivity contribution >= 4 is 35.3 Å². The molecule has 1 aliphatic rings. The molecule has 0 saturated carbocycles. The number of hydrogen-bond donors (Lipinski definition) is 2. The van der Waals surface area contributed by atoms with Crippen molar-refractivity contribution in [3.05, 3.63) is 52.3 Å². The Bertz CT molecular complexity index is 870. The Kier molecular flexibility index (Phi) is 5.13. The molecule has 9 heteroatoms. The van der Waals surface area contributed by atoms with E-state index in [1.807, 2.05) is 0 Å². The number of aliphatic carboxylic acids is 1. The molecule has 0 bridgehead atoms. The number of carboxylic acid groups (broad SMARTS) is 1. The van der Waals surface area contributed by atoms with Gasteiger partial charge in [0.15, 0.2) is 0 Å². The molecular weight excluding hydrogens is 360 g/mol. The number of carboxylic acids is 1. The van der Waals surface area contributed by atoms with Gasteiger partial charge >= 0.3 is 5.97 Å². The molecule has 0 atom stereocenters. The molecule has 2 amide bonds. The SMILES string of the molecule is O=C(O)CC(=O)N1CCc2nc(NC(=O)c3ccc(Cl)cc3)ncc2C1. The van der Waals surface area contributed by atoms with Crippen molar-refractivity contribution in [2.45, 2.75) is 19.4 Å². The predicted molar refractivity (Wildman–Crippen MR) is 92.8 cm³/mol. The van der Waals surface area contributed by atoms with Gasteiger partial charge in [-0.3, -0.25) is 19.7 Å². The summed E-state index contributed by atoms with van der Waals surface area (Å²) in [6.45, 7) is 0.632. The van der Waals surface area contributed by atoms with Crippen molar-refractivity contribution in [3.8, 4) is 0 Å². The first-order valence-corrected chi connectivity index (χ1v) is 8.21. The van der Waals surface area contributed by atoms with Gasteiger partial charge in [0.1, 0.15) is 6.42 Å². The van der Waals surface area contributed by atoms with Crippen molar-refractivity contribution in [1.82, 2.24) is 14.9 Å². The number of nitrogens with zero attached hydrogens (tertiary/aromatic N) is 3. The number of fused-ring (bicyclic) bond motifs is 1. The molecule has 1 aromatic heterocycles. The van der Waals surface area contributed by atoms with Crippen LogP contribution in [0.4, 0.5) is 5.95 Å². The lowest BCUT2D eigenvalue weighted by molar-refractivity contribution is -0.144. The maximum Gasteiger partial charge on any atom is 0.312 e. The van der Waals surface area contributed by atoms with E-state index in [4.69, 9.17) is 16.7 Å². The molecule has 0 fully saturated rings. The van der Waals surface area contributed by atoms with Crippen LogP contribution < -0.4 is 5.32 Å². The molecule has 0 spiro atoms. The second-order valence-electron chi connectivity index (χ2n) is 5.76. The molecule has 0 aliphatic carbocycles. The summed E-state index contributed by atoms with van der Waals surface area (Å²) in [7, 11) is 0. The van der Waals surface area contributed by atoms with Crippen molar-refractivity contribution < 1.29 is 19.5 Å². The number of hydrogen-bond acceptors (Lipinski definition) is 5. The summed E-state index contributed by atoms with van der Waals surface area (Å²) < 4.78 is 0. The number of rotatable bonds is 4. The maximum atomic E-state index is 12.2. The van der Waals surface area contributed by atoms with E-state index in [9.17, 15) is 14.4 Å². The number of benzene rings is 1. The number of nitrogens with one attached hydrogen (secondary N) is 1. The fourth-order valence-electron chi connectivity index (χ4n) is 2.61. The van der Waals surface area contributed by atoms with Crippen LogP contribution in [0.3, 0.4) is 0 Å². The van der Waals surface area contributed by atoms with Crippen molar-refractivity contribution in [2.75, 3.05) is 11.9 Å². The number of carbonyl (C=O) groups is 3. The van der Waals surface area contributed by atoms with E-state index in [-0.39, 0.29) is 18.4 Å². The summed E-state index contributed by atoms with van der Waals surface area (Å²) in [6, 6.07) is 6.43. The second kappa shape index (κ2) is 7.49. The van der Waals surface area contributed by atoms with Crippen LogP contribution in [0.25, 0.3) is 0 Å². The molecule has 2 aromatic rings. The smallest absolute Gasteiger partial charge is 0.312 e. The monoisotopic (exact) mass is 374 g/mol. The average Bonchev–Trinajstić information content (AvgIpc) is 2.61. The summed E-state index contributed by atoms with van der Waals surface area (Å²) in [5.41, 5.74) is 1.89. The summed E-state index contributed by atoms with van der Waals surface area (Å²) >= 11 is 5.80. The zero-order valence-electron chi connectivity index (χ0n) is 13.6. The fourth-order valence-corrected chi connectivity index (χ4v) is 2.73. The van der Waals surface area contributed by atoms with Gasteiger partial charge in [-0.25, -0.2) is 9.97 Å². The van der Waals surface area contributed by atoms with E-state index in [0.717, 1.165) is 11.3 Å². The molecule has 1 aromatic carbocycles. The van der Waals surface area contributed by atoms with Crippen LogP contribution in [-0.2, 0) is 22.6 Å². The van der Waals surface area contributed by atoms with Crippen LogP contribution in [0.1, 0.15) is 28.0 Å². The molecule has 3 rings (SSSR count). The Morgan fingerprint density at radius 1 is 1.23 bits per heavy atom. The van der Waals surface area contributed by atoms with Crippen molar-refractivity contribution in [1.29, 1.82) is 0 Å². The first-order valence-electron chi connectivity index (χ1n) is 7.83. The first kappa shape index (κ1) is 17.8. The van der Waals surface area contributed by atoms with Gasteiger partial charge < -0.3 is 10.0 Å². The van der Waals surface area contributed by atoms with Crippen molar-refractivity contribution in [3.63, 3.8) is 0 Å². The lowest BCUT2D eigenvalue weighted by Crippen LogP contribution is -2.37. The van der Waals surface area contributed by atoms with Gasteiger partial charge in [0.05, 0.1) is 5.69 Å². The summed E-state index contributed by atoms with van der Waals surface area (Å²) in [5, 5.41) is 11.9. The third-order valence-electron chi connectivity index (χ3n) is 3.92. The zero-order chi connectivity index (χ0) is 18.7. The molecule has 26 heavy (non-hydrogen) atoms. The van der Waals surface area contributed by atoms with Crippen LogP contribution in [-0.4, -0.2) is 44.3 Å². The Morgan fingerprint density at radius 2 is 1.96 bits per heavy atom. The van der Waals surface area contributed by atoms with Crippen LogP contribution in [0.5, 0.6) is 0 Å². The van der Waals surface area contributed by atoms with Crippen LogP contribution in [0.15, 0.2) is 30.5 Å². The van der Waals surface area contributed by atoms with Gasteiger partial charge in [0.2, 0.25) is 11.9 Å². The van der Waals surface area contributed by atoms with Gasteiger partial charge in [-0.15, -0.1) is 0 Å². The largest absolute Gasteiger partial charge is 0.481 e.